The summed E-state index contributed by atoms with van der Waals surface area (Å²) in [6.07, 6.45) is -0.326. The van der Waals surface area contributed by atoms with Crippen LogP contribution in [0.3, 0.4) is 0 Å². The predicted molar refractivity (Wildman–Crippen MR) is 94.6 cm³/mol. The van der Waals surface area contributed by atoms with Crippen molar-refractivity contribution < 1.29 is 23.5 Å². The molecule has 142 valence electrons. The maximum atomic E-state index is 14.3. The van der Waals surface area contributed by atoms with Gasteiger partial charge in [0.25, 0.3) is 0 Å². The van der Waals surface area contributed by atoms with E-state index in [4.69, 9.17) is 10.5 Å². The van der Waals surface area contributed by atoms with Gasteiger partial charge >= 0.3 is 12.1 Å². The van der Waals surface area contributed by atoms with Gasteiger partial charge in [0.2, 0.25) is 0 Å². The molecule has 26 heavy (non-hydrogen) atoms. The number of carbonyl (C=O) groups is 2. The molecule has 8 heteroatoms. The number of rotatable bonds is 2. The molecule has 1 spiro atoms. The van der Waals surface area contributed by atoms with Crippen molar-refractivity contribution in [2.75, 3.05) is 43.9 Å². The van der Waals surface area contributed by atoms with E-state index in [2.05, 4.69) is 4.74 Å². The Morgan fingerprint density at radius 3 is 2.35 bits per heavy atom. The first-order valence-electron chi connectivity index (χ1n) is 8.44. The number of nitrogens with zero attached hydrogens (tertiary/aromatic N) is 2. The van der Waals surface area contributed by atoms with Crippen LogP contribution in [0.25, 0.3) is 0 Å². The van der Waals surface area contributed by atoms with E-state index in [9.17, 15) is 14.0 Å². The van der Waals surface area contributed by atoms with Crippen LogP contribution in [0.5, 0.6) is 0 Å². The molecule has 0 saturated carbocycles. The van der Waals surface area contributed by atoms with Gasteiger partial charge in [-0.3, -0.25) is 0 Å². The van der Waals surface area contributed by atoms with E-state index in [-0.39, 0.29) is 22.8 Å². The third kappa shape index (κ3) is 3.27. The first-order chi connectivity index (χ1) is 12.0. The largest absolute Gasteiger partial charge is 0.465 e. The normalized spacial score (nSPS) is 18.2. The van der Waals surface area contributed by atoms with E-state index in [1.807, 2.05) is 25.7 Å². The van der Waals surface area contributed by atoms with Crippen LogP contribution in [0, 0.1) is 11.2 Å². The van der Waals surface area contributed by atoms with Gasteiger partial charge < -0.3 is 25.0 Å². The molecule has 2 aliphatic heterocycles. The zero-order valence-corrected chi connectivity index (χ0v) is 15.5. The Morgan fingerprint density at radius 1 is 1.19 bits per heavy atom. The lowest BCUT2D eigenvalue weighted by Crippen LogP contribution is -2.73. The van der Waals surface area contributed by atoms with Gasteiger partial charge in [-0.15, -0.1) is 0 Å². The number of halogens is 1. The average Bonchev–Trinajstić information content (AvgIpc) is 2.43. The first kappa shape index (κ1) is 18.3. The quantitative estimate of drug-likeness (QED) is 0.639. The number of anilines is 2. The highest BCUT2D eigenvalue weighted by molar-refractivity contribution is 5.96. The fourth-order valence-corrected chi connectivity index (χ4v) is 3.46. The fraction of sp³-hybridized carbons (Fsp3) is 0.556. The van der Waals surface area contributed by atoms with Crippen molar-refractivity contribution in [1.82, 2.24) is 4.90 Å². The van der Waals surface area contributed by atoms with E-state index < -0.39 is 17.4 Å². The molecule has 3 rings (SSSR count). The zero-order chi connectivity index (χ0) is 19.3. The number of amides is 1. The Hall–Kier alpha value is -2.51. The van der Waals surface area contributed by atoms with Crippen LogP contribution in [0.15, 0.2) is 12.1 Å². The van der Waals surface area contributed by atoms with Crippen LogP contribution >= 0.6 is 0 Å². The topological polar surface area (TPSA) is 85.1 Å². The third-order valence-corrected chi connectivity index (χ3v) is 4.62. The summed E-state index contributed by atoms with van der Waals surface area (Å²) in [5, 5.41) is 0. The number of ether oxygens (including phenoxy) is 2. The molecule has 2 aliphatic rings. The number of nitrogen functional groups attached to an aromatic ring is 1. The minimum atomic E-state index is -0.598. The summed E-state index contributed by atoms with van der Waals surface area (Å²) in [7, 11) is 1.25. The van der Waals surface area contributed by atoms with Gasteiger partial charge in [-0.1, -0.05) is 0 Å². The molecule has 0 aromatic heterocycles. The molecule has 0 bridgehead atoms. The first-order valence-corrected chi connectivity index (χ1v) is 8.44. The Kier molecular flexibility index (Phi) is 4.24. The van der Waals surface area contributed by atoms with Crippen molar-refractivity contribution in [1.29, 1.82) is 0 Å². The molecule has 0 unspecified atom stereocenters. The highest BCUT2D eigenvalue weighted by atomic mass is 19.1. The molecular formula is C18H24FN3O4. The number of nitrogens with two attached hydrogens (primary N) is 1. The molecule has 1 aromatic carbocycles. The van der Waals surface area contributed by atoms with Crippen molar-refractivity contribution in [3.8, 4) is 0 Å². The van der Waals surface area contributed by atoms with Gasteiger partial charge in [-0.2, -0.15) is 0 Å². The molecule has 2 fully saturated rings. The third-order valence-electron chi connectivity index (χ3n) is 4.62. The molecule has 2 N–H and O–H groups in total. The van der Waals surface area contributed by atoms with Crippen LogP contribution in [-0.2, 0) is 9.47 Å². The number of benzene rings is 1. The lowest BCUT2D eigenvalue weighted by Gasteiger charge is -2.60. The Bertz CT molecular complexity index is 746. The molecule has 0 atom stereocenters. The number of esters is 1. The second-order valence-electron chi connectivity index (χ2n) is 8.07. The molecule has 0 aliphatic carbocycles. The van der Waals surface area contributed by atoms with Crippen molar-refractivity contribution >= 4 is 23.4 Å². The maximum Gasteiger partial charge on any atom is 0.410 e. The summed E-state index contributed by atoms with van der Waals surface area (Å²) in [5.74, 6) is -1.08. The summed E-state index contributed by atoms with van der Waals surface area (Å²) in [6, 6.07) is 2.56. The van der Waals surface area contributed by atoms with E-state index >= 15 is 0 Å². The minimum absolute atomic E-state index is 0.0455. The molecule has 1 amide bonds. The summed E-state index contributed by atoms with van der Waals surface area (Å²) in [5.41, 5.74) is 5.65. The van der Waals surface area contributed by atoms with Crippen LogP contribution in [0.4, 0.5) is 20.6 Å². The van der Waals surface area contributed by atoms with Crippen LogP contribution in [0.2, 0.25) is 0 Å². The van der Waals surface area contributed by atoms with Crippen LogP contribution in [0.1, 0.15) is 31.1 Å². The van der Waals surface area contributed by atoms with E-state index in [1.165, 1.54) is 13.2 Å². The lowest BCUT2D eigenvalue weighted by molar-refractivity contribution is -0.0454. The number of likely N-dealkylation sites (tertiary alicyclic amines) is 1. The predicted octanol–water partition coefficient (Wildman–Crippen LogP) is 2.25. The molecule has 1 aromatic rings. The Morgan fingerprint density at radius 2 is 1.81 bits per heavy atom. The summed E-state index contributed by atoms with van der Waals surface area (Å²) < 4.78 is 24.3. The highest BCUT2D eigenvalue weighted by Gasteiger charge is 2.54. The molecule has 0 radical (unpaired) electrons. The average molecular weight is 365 g/mol. The van der Waals surface area contributed by atoms with Gasteiger partial charge in [0, 0.05) is 37.3 Å². The van der Waals surface area contributed by atoms with E-state index in [0.29, 0.717) is 31.9 Å². The number of hydrogen-bond donors (Lipinski definition) is 1. The Labute approximate surface area is 151 Å². The van der Waals surface area contributed by atoms with Gasteiger partial charge in [0.1, 0.15) is 11.4 Å². The van der Waals surface area contributed by atoms with Crippen molar-refractivity contribution in [3.05, 3.63) is 23.5 Å². The second-order valence-corrected chi connectivity index (χ2v) is 8.07. The number of hydrogen-bond acceptors (Lipinski definition) is 6. The monoisotopic (exact) mass is 365 g/mol. The summed E-state index contributed by atoms with van der Waals surface area (Å²) >= 11 is 0. The fourth-order valence-electron chi connectivity index (χ4n) is 3.46. The number of methoxy groups -OCH3 is 1. The standard InChI is InChI=1S/C18H24FN3O4/c1-17(2,3)26-16(24)22-9-18(10-22)7-21(8-18)14-5-11(15(23)25-4)13(20)6-12(14)19/h5-6H,7-10,20H2,1-4H3. The van der Waals surface area contributed by atoms with E-state index in [0.717, 1.165) is 6.07 Å². The summed E-state index contributed by atoms with van der Waals surface area (Å²) in [4.78, 5) is 27.3. The van der Waals surface area contributed by atoms with Gasteiger partial charge in [-0.25, -0.2) is 14.0 Å². The van der Waals surface area contributed by atoms with Gasteiger partial charge in [0.05, 0.1) is 18.4 Å². The molecular weight excluding hydrogens is 341 g/mol. The van der Waals surface area contributed by atoms with Crippen molar-refractivity contribution in [3.63, 3.8) is 0 Å². The van der Waals surface area contributed by atoms with Gasteiger partial charge in [0.15, 0.2) is 0 Å². The maximum absolute atomic E-state index is 14.3. The minimum Gasteiger partial charge on any atom is -0.465 e. The highest BCUT2D eigenvalue weighted by Crippen LogP contribution is 2.43. The zero-order valence-electron chi connectivity index (χ0n) is 15.5. The van der Waals surface area contributed by atoms with Crippen molar-refractivity contribution in [2.24, 2.45) is 5.41 Å². The molecule has 7 nitrogen and oxygen atoms in total. The SMILES string of the molecule is COC(=O)c1cc(N2CC3(CN(C(=O)OC(C)(C)C)C3)C2)c(F)cc1N. The smallest absolute Gasteiger partial charge is 0.410 e. The van der Waals surface area contributed by atoms with Crippen LogP contribution in [-0.4, -0.2) is 55.9 Å². The Balaban J connectivity index is 1.63. The molecule has 2 heterocycles. The number of carbonyl (C=O) groups excluding carboxylic acids is 2. The van der Waals surface area contributed by atoms with Crippen LogP contribution < -0.4 is 10.6 Å². The van der Waals surface area contributed by atoms with E-state index in [1.54, 1.807) is 4.90 Å². The lowest BCUT2D eigenvalue weighted by atomic mass is 9.72. The second kappa shape index (κ2) is 6.03. The molecule has 2 saturated heterocycles. The van der Waals surface area contributed by atoms with Crippen molar-refractivity contribution in [2.45, 2.75) is 26.4 Å². The van der Waals surface area contributed by atoms with Gasteiger partial charge in [-0.05, 0) is 32.9 Å². The summed E-state index contributed by atoms with van der Waals surface area (Å²) in [6.45, 7) is 7.86.